The zero-order valence-electron chi connectivity index (χ0n) is 10.2. The van der Waals surface area contributed by atoms with Gasteiger partial charge < -0.3 is 5.32 Å². The summed E-state index contributed by atoms with van der Waals surface area (Å²) in [7, 11) is 0. The molecule has 1 N–H and O–H groups in total. The van der Waals surface area contributed by atoms with Gasteiger partial charge in [-0.3, -0.25) is 0 Å². The molecule has 0 bridgehead atoms. The van der Waals surface area contributed by atoms with Gasteiger partial charge in [0.25, 0.3) is 0 Å². The van der Waals surface area contributed by atoms with E-state index in [0.717, 1.165) is 15.9 Å². The van der Waals surface area contributed by atoms with Gasteiger partial charge >= 0.3 is 0 Å². The molecule has 0 radical (unpaired) electrons. The summed E-state index contributed by atoms with van der Waals surface area (Å²) in [6, 6.07) is 5.99. The first kappa shape index (κ1) is 13.5. The molecule has 0 saturated carbocycles. The SMILES string of the molecule is CC(C)NCc1cn(-c2cc(Cl)ccc2Br)nn1. The molecule has 0 saturated heterocycles. The van der Waals surface area contributed by atoms with Crippen LogP contribution in [0.25, 0.3) is 5.69 Å². The summed E-state index contributed by atoms with van der Waals surface area (Å²) in [6.45, 7) is 4.89. The van der Waals surface area contributed by atoms with Gasteiger partial charge in [-0.1, -0.05) is 30.7 Å². The van der Waals surface area contributed by atoms with Crippen LogP contribution in [0.4, 0.5) is 0 Å². The van der Waals surface area contributed by atoms with Crippen LogP contribution in [0.2, 0.25) is 5.02 Å². The number of hydrogen-bond donors (Lipinski definition) is 1. The maximum Gasteiger partial charge on any atom is 0.0969 e. The predicted molar refractivity (Wildman–Crippen MR) is 76.0 cm³/mol. The Balaban J connectivity index is 2.21. The van der Waals surface area contributed by atoms with Gasteiger partial charge in [0.2, 0.25) is 0 Å². The Bertz CT molecular complexity index is 539. The molecule has 0 fully saturated rings. The number of nitrogens with zero attached hydrogens (tertiary/aromatic N) is 3. The van der Waals surface area contributed by atoms with Crippen LogP contribution < -0.4 is 5.32 Å². The van der Waals surface area contributed by atoms with E-state index in [-0.39, 0.29) is 0 Å². The Morgan fingerprint density at radius 3 is 2.94 bits per heavy atom. The summed E-state index contributed by atoms with van der Waals surface area (Å²) < 4.78 is 2.65. The van der Waals surface area contributed by atoms with E-state index in [0.29, 0.717) is 17.6 Å². The first-order valence-corrected chi connectivity index (χ1v) is 6.83. The van der Waals surface area contributed by atoms with Gasteiger partial charge in [-0.25, -0.2) is 4.68 Å². The highest BCUT2D eigenvalue weighted by Crippen LogP contribution is 2.24. The van der Waals surface area contributed by atoms with Crippen LogP contribution in [0, 0.1) is 0 Å². The summed E-state index contributed by atoms with van der Waals surface area (Å²) in [4.78, 5) is 0. The molecule has 0 atom stereocenters. The summed E-state index contributed by atoms with van der Waals surface area (Å²) in [6.07, 6.45) is 1.89. The molecular weight excluding hydrogens is 316 g/mol. The second kappa shape index (κ2) is 5.82. The lowest BCUT2D eigenvalue weighted by atomic mass is 10.3. The Morgan fingerprint density at radius 1 is 1.44 bits per heavy atom. The molecule has 0 aliphatic rings. The van der Waals surface area contributed by atoms with Crippen LogP contribution in [0.15, 0.2) is 28.9 Å². The lowest BCUT2D eigenvalue weighted by molar-refractivity contribution is 0.580. The standard InChI is InChI=1S/C12H14BrClN4/c1-8(2)15-6-10-7-18(17-16-10)12-5-9(14)3-4-11(12)13/h3-5,7-8,15H,6H2,1-2H3. The Hall–Kier alpha value is -0.910. The first-order chi connectivity index (χ1) is 8.56. The lowest BCUT2D eigenvalue weighted by Crippen LogP contribution is -2.21. The van der Waals surface area contributed by atoms with Crippen LogP contribution >= 0.6 is 27.5 Å². The third-order valence-electron chi connectivity index (χ3n) is 2.39. The van der Waals surface area contributed by atoms with Gasteiger partial charge in [-0.2, -0.15) is 0 Å². The molecule has 1 aromatic heterocycles. The zero-order valence-corrected chi connectivity index (χ0v) is 12.5. The Morgan fingerprint density at radius 2 is 2.22 bits per heavy atom. The highest BCUT2D eigenvalue weighted by Gasteiger charge is 2.07. The summed E-state index contributed by atoms with van der Waals surface area (Å²) in [5, 5.41) is 12.2. The number of benzene rings is 1. The van der Waals surface area contributed by atoms with E-state index in [1.54, 1.807) is 4.68 Å². The number of hydrogen-bond acceptors (Lipinski definition) is 3. The van der Waals surface area contributed by atoms with E-state index < -0.39 is 0 Å². The van der Waals surface area contributed by atoms with E-state index in [1.807, 2.05) is 24.4 Å². The molecule has 0 unspecified atom stereocenters. The second-order valence-corrected chi connectivity index (χ2v) is 5.58. The fraction of sp³-hybridized carbons (Fsp3) is 0.333. The maximum absolute atomic E-state index is 5.98. The molecule has 6 heteroatoms. The monoisotopic (exact) mass is 328 g/mol. The molecule has 0 aliphatic carbocycles. The molecule has 4 nitrogen and oxygen atoms in total. The molecule has 96 valence electrons. The largest absolute Gasteiger partial charge is 0.309 e. The molecule has 0 spiro atoms. The molecule has 0 aliphatic heterocycles. The van der Waals surface area contributed by atoms with Crippen molar-refractivity contribution in [2.45, 2.75) is 26.4 Å². The summed E-state index contributed by atoms with van der Waals surface area (Å²) in [5.74, 6) is 0. The number of rotatable bonds is 4. The van der Waals surface area contributed by atoms with E-state index in [1.165, 1.54) is 0 Å². The van der Waals surface area contributed by atoms with Crippen LogP contribution in [-0.4, -0.2) is 21.0 Å². The smallest absolute Gasteiger partial charge is 0.0969 e. The highest BCUT2D eigenvalue weighted by molar-refractivity contribution is 9.10. The summed E-state index contributed by atoms with van der Waals surface area (Å²) in [5.41, 5.74) is 1.78. The van der Waals surface area contributed by atoms with Crippen LogP contribution in [0.1, 0.15) is 19.5 Å². The topological polar surface area (TPSA) is 42.7 Å². The van der Waals surface area contributed by atoms with E-state index >= 15 is 0 Å². The minimum atomic E-state index is 0.424. The number of nitrogens with one attached hydrogen (secondary N) is 1. The van der Waals surface area contributed by atoms with Crippen molar-refractivity contribution in [2.75, 3.05) is 0 Å². The predicted octanol–water partition coefficient (Wildman–Crippen LogP) is 3.18. The fourth-order valence-corrected chi connectivity index (χ4v) is 2.06. The molecule has 1 heterocycles. The van der Waals surface area contributed by atoms with Crippen LogP contribution in [0.5, 0.6) is 0 Å². The first-order valence-electron chi connectivity index (χ1n) is 5.66. The third-order valence-corrected chi connectivity index (χ3v) is 3.29. The van der Waals surface area contributed by atoms with Crippen molar-refractivity contribution in [3.8, 4) is 5.69 Å². The van der Waals surface area contributed by atoms with Crippen LogP contribution in [-0.2, 0) is 6.54 Å². The average molecular weight is 330 g/mol. The molecule has 2 aromatic rings. The van der Waals surface area contributed by atoms with Gasteiger partial charge in [-0.05, 0) is 34.1 Å². The van der Waals surface area contributed by atoms with Crippen molar-refractivity contribution < 1.29 is 0 Å². The molecule has 2 rings (SSSR count). The van der Waals surface area contributed by atoms with Crippen molar-refractivity contribution in [3.63, 3.8) is 0 Å². The zero-order chi connectivity index (χ0) is 13.1. The van der Waals surface area contributed by atoms with Gasteiger partial charge in [-0.15, -0.1) is 5.10 Å². The highest BCUT2D eigenvalue weighted by atomic mass is 79.9. The fourth-order valence-electron chi connectivity index (χ4n) is 1.47. The molecular formula is C12H14BrClN4. The normalized spacial score (nSPS) is 11.2. The van der Waals surface area contributed by atoms with Gasteiger partial charge in [0.15, 0.2) is 0 Å². The molecule has 0 amide bonds. The van der Waals surface area contributed by atoms with Crippen molar-refractivity contribution in [3.05, 3.63) is 39.6 Å². The Kier molecular flexibility index (Phi) is 4.37. The third kappa shape index (κ3) is 3.31. The van der Waals surface area contributed by atoms with E-state index in [9.17, 15) is 0 Å². The quantitative estimate of drug-likeness (QED) is 0.937. The average Bonchev–Trinajstić information content (AvgIpc) is 2.78. The summed E-state index contributed by atoms with van der Waals surface area (Å²) >= 11 is 9.46. The second-order valence-electron chi connectivity index (χ2n) is 4.29. The number of aromatic nitrogens is 3. The van der Waals surface area contributed by atoms with Gasteiger partial charge in [0.1, 0.15) is 0 Å². The van der Waals surface area contributed by atoms with Crippen molar-refractivity contribution in [2.24, 2.45) is 0 Å². The van der Waals surface area contributed by atoms with Crippen molar-refractivity contribution in [1.29, 1.82) is 0 Å². The van der Waals surface area contributed by atoms with Gasteiger partial charge in [0, 0.05) is 22.1 Å². The Labute approximate surface area is 119 Å². The molecule has 18 heavy (non-hydrogen) atoms. The molecule has 1 aromatic carbocycles. The maximum atomic E-state index is 5.98. The van der Waals surface area contributed by atoms with Crippen molar-refractivity contribution in [1.82, 2.24) is 20.3 Å². The van der Waals surface area contributed by atoms with Crippen LogP contribution in [0.3, 0.4) is 0 Å². The van der Waals surface area contributed by atoms with Crippen molar-refractivity contribution >= 4 is 27.5 Å². The number of halogens is 2. The lowest BCUT2D eigenvalue weighted by Gasteiger charge is -2.05. The van der Waals surface area contributed by atoms with Gasteiger partial charge in [0.05, 0.1) is 17.6 Å². The van der Waals surface area contributed by atoms with E-state index in [4.69, 9.17) is 11.6 Å². The minimum Gasteiger partial charge on any atom is -0.309 e. The van der Waals surface area contributed by atoms with E-state index in [2.05, 4.69) is 45.4 Å². The minimum absolute atomic E-state index is 0.424.